The number of rotatable bonds is 10. The lowest BCUT2D eigenvalue weighted by atomic mass is 10.1. The lowest BCUT2D eigenvalue weighted by molar-refractivity contribution is -0.150. The van der Waals surface area contributed by atoms with E-state index >= 15 is 0 Å². The van der Waals surface area contributed by atoms with Gasteiger partial charge in [-0.25, -0.2) is 0 Å². The molecule has 172 valence electrons. The molecular formula is C22H26N2O8. The highest BCUT2D eigenvalue weighted by Crippen LogP contribution is 2.30. The van der Waals surface area contributed by atoms with Gasteiger partial charge < -0.3 is 28.4 Å². The van der Waals surface area contributed by atoms with Crippen LogP contribution in [0.3, 0.4) is 0 Å². The third-order valence-corrected chi connectivity index (χ3v) is 4.57. The number of carbonyl (C=O) groups is 3. The van der Waals surface area contributed by atoms with Crippen molar-refractivity contribution in [2.45, 2.75) is 20.5 Å². The third-order valence-electron chi connectivity index (χ3n) is 4.57. The van der Waals surface area contributed by atoms with Crippen LogP contribution < -0.4 is 9.47 Å². The molecule has 0 N–H and O–H groups in total. The smallest absolute Gasteiger partial charge is 0.325 e. The summed E-state index contributed by atoms with van der Waals surface area (Å²) in [5, 5.41) is 3.90. The van der Waals surface area contributed by atoms with Crippen molar-refractivity contribution < 1.29 is 37.9 Å². The van der Waals surface area contributed by atoms with Crippen LogP contribution in [0.15, 0.2) is 28.8 Å². The fourth-order valence-corrected chi connectivity index (χ4v) is 2.69. The van der Waals surface area contributed by atoms with Gasteiger partial charge in [-0.05, 0) is 37.6 Å². The molecule has 0 atom stereocenters. The van der Waals surface area contributed by atoms with Crippen LogP contribution in [0, 0.1) is 13.8 Å². The van der Waals surface area contributed by atoms with E-state index in [9.17, 15) is 14.4 Å². The van der Waals surface area contributed by atoms with Gasteiger partial charge in [0.05, 0.1) is 32.6 Å². The van der Waals surface area contributed by atoms with Crippen molar-refractivity contribution in [2.24, 2.45) is 0 Å². The average molecular weight is 446 g/mol. The number of aryl methyl sites for hydroxylation is 2. The molecule has 0 fully saturated rings. The van der Waals surface area contributed by atoms with Crippen LogP contribution in [0.4, 0.5) is 0 Å². The van der Waals surface area contributed by atoms with Crippen LogP contribution in [0.1, 0.15) is 22.6 Å². The molecule has 0 aliphatic heterocycles. The number of benzene rings is 1. The van der Waals surface area contributed by atoms with Crippen molar-refractivity contribution in [3.8, 4) is 11.5 Å². The summed E-state index contributed by atoms with van der Waals surface area (Å²) in [6.45, 7) is 3.14. The van der Waals surface area contributed by atoms with Crippen LogP contribution in [-0.4, -0.2) is 62.3 Å². The zero-order chi connectivity index (χ0) is 23.7. The number of nitrogens with zero attached hydrogens (tertiary/aromatic N) is 2. The van der Waals surface area contributed by atoms with Gasteiger partial charge in [-0.1, -0.05) is 11.2 Å². The summed E-state index contributed by atoms with van der Waals surface area (Å²) >= 11 is 0. The third kappa shape index (κ3) is 6.59. The summed E-state index contributed by atoms with van der Waals surface area (Å²) in [6.07, 6.45) is 2.77. The second-order valence-electron chi connectivity index (χ2n) is 6.68. The molecule has 0 unspecified atom stereocenters. The van der Waals surface area contributed by atoms with Crippen molar-refractivity contribution in [3.05, 3.63) is 46.9 Å². The Labute approximate surface area is 185 Å². The highest BCUT2D eigenvalue weighted by Gasteiger charge is 2.19. The van der Waals surface area contributed by atoms with E-state index in [1.54, 1.807) is 18.2 Å². The molecular weight excluding hydrogens is 420 g/mol. The summed E-state index contributed by atoms with van der Waals surface area (Å²) in [5.41, 5.74) is 2.26. The number of carbonyl (C=O) groups excluding carboxylic acids is 3. The normalized spacial score (nSPS) is 10.7. The molecule has 1 aromatic carbocycles. The molecule has 0 saturated heterocycles. The summed E-state index contributed by atoms with van der Waals surface area (Å²) in [5.74, 6) is -0.211. The molecule has 1 amide bonds. The van der Waals surface area contributed by atoms with Gasteiger partial charge in [-0.15, -0.1) is 0 Å². The van der Waals surface area contributed by atoms with Crippen molar-refractivity contribution >= 4 is 23.9 Å². The lowest BCUT2D eigenvalue weighted by Crippen LogP contribution is -2.39. The Bertz CT molecular complexity index is 958. The number of methoxy groups -OCH3 is 3. The van der Waals surface area contributed by atoms with Crippen LogP contribution in [-0.2, 0) is 30.5 Å². The Morgan fingerprint density at radius 3 is 2.22 bits per heavy atom. The summed E-state index contributed by atoms with van der Waals surface area (Å²) < 4.78 is 25.5. The van der Waals surface area contributed by atoms with Crippen molar-refractivity contribution in [2.75, 3.05) is 34.4 Å². The van der Waals surface area contributed by atoms with E-state index in [0.29, 0.717) is 22.8 Å². The minimum atomic E-state index is -0.655. The van der Waals surface area contributed by atoms with Gasteiger partial charge in [-0.2, -0.15) is 0 Å². The molecule has 0 saturated carbocycles. The van der Waals surface area contributed by atoms with E-state index in [0.717, 1.165) is 16.2 Å². The first-order valence-electron chi connectivity index (χ1n) is 9.62. The molecule has 1 heterocycles. The summed E-state index contributed by atoms with van der Waals surface area (Å²) in [6, 6.07) is 5.14. The number of hydrogen-bond donors (Lipinski definition) is 0. The Morgan fingerprint density at radius 2 is 1.69 bits per heavy atom. The molecule has 10 heteroatoms. The van der Waals surface area contributed by atoms with E-state index in [-0.39, 0.29) is 19.7 Å². The molecule has 32 heavy (non-hydrogen) atoms. The van der Waals surface area contributed by atoms with E-state index < -0.39 is 17.8 Å². The first-order valence-corrected chi connectivity index (χ1v) is 9.62. The zero-order valence-electron chi connectivity index (χ0n) is 18.7. The molecule has 0 bridgehead atoms. The van der Waals surface area contributed by atoms with Gasteiger partial charge in [-0.3, -0.25) is 14.4 Å². The second-order valence-corrected chi connectivity index (χ2v) is 6.68. The van der Waals surface area contributed by atoms with E-state index in [1.165, 1.54) is 33.5 Å². The van der Waals surface area contributed by atoms with Crippen LogP contribution in [0.2, 0.25) is 0 Å². The first-order chi connectivity index (χ1) is 15.3. The first kappa shape index (κ1) is 24.4. The Hall–Kier alpha value is -3.82. The second kappa shape index (κ2) is 11.5. The summed E-state index contributed by atoms with van der Waals surface area (Å²) in [4.78, 5) is 36.6. The molecule has 10 nitrogen and oxygen atoms in total. The summed E-state index contributed by atoms with van der Waals surface area (Å²) in [7, 11) is 3.90. The average Bonchev–Trinajstić information content (AvgIpc) is 3.12. The molecule has 2 rings (SSSR count). The predicted molar refractivity (Wildman–Crippen MR) is 113 cm³/mol. The maximum absolute atomic E-state index is 12.5. The van der Waals surface area contributed by atoms with Gasteiger partial charge in [0.25, 0.3) is 0 Å². The van der Waals surface area contributed by atoms with Crippen molar-refractivity contribution in [1.82, 2.24) is 10.1 Å². The highest BCUT2D eigenvalue weighted by atomic mass is 16.5. The number of ether oxygens (including phenoxy) is 4. The number of amides is 1. The lowest BCUT2D eigenvalue weighted by Gasteiger charge is -2.18. The molecule has 1 aromatic heterocycles. The molecule has 0 spiro atoms. The number of hydrogen-bond acceptors (Lipinski definition) is 9. The van der Waals surface area contributed by atoms with E-state index in [4.69, 9.17) is 14.0 Å². The predicted octanol–water partition coefficient (Wildman–Crippen LogP) is 2.07. The van der Waals surface area contributed by atoms with Crippen LogP contribution in [0.25, 0.3) is 6.08 Å². The molecule has 0 aliphatic carbocycles. The Kier molecular flexibility index (Phi) is 8.82. The molecule has 0 radical (unpaired) electrons. The zero-order valence-corrected chi connectivity index (χ0v) is 18.7. The molecule has 0 aliphatic rings. The van der Waals surface area contributed by atoms with Crippen molar-refractivity contribution in [1.29, 1.82) is 0 Å². The minimum Gasteiger partial charge on any atom is -0.493 e. The highest BCUT2D eigenvalue weighted by molar-refractivity contribution is 5.95. The van der Waals surface area contributed by atoms with Gasteiger partial charge >= 0.3 is 11.9 Å². The maximum Gasteiger partial charge on any atom is 0.325 e. The standard InChI is InChI=1S/C22H26N2O8/c1-14-17(15(2)32-23-14)13-31-18-8-6-16(10-19(18)28-3)7-9-20(25)24(11-21(26)29-4)12-22(27)30-5/h6-10H,11-13H2,1-5H3/b9-7+. The molecule has 2 aromatic rings. The SMILES string of the molecule is COC(=O)CN(CC(=O)OC)C(=O)/C=C/c1ccc(OCc2c(C)noc2C)c(OC)c1. The van der Waals surface area contributed by atoms with Crippen LogP contribution >= 0.6 is 0 Å². The Morgan fingerprint density at radius 1 is 1.03 bits per heavy atom. The topological polar surface area (TPSA) is 117 Å². The fourth-order valence-electron chi connectivity index (χ4n) is 2.69. The maximum atomic E-state index is 12.5. The van der Waals surface area contributed by atoms with E-state index in [1.807, 2.05) is 13.8 Å². The monoisotopic (exact) mass is 446 g/mol. The van der Waals surface area contributed by atoms with Gasteiger partial charge in [0, 0.05) is 6.08 Å². The minimum absolute atomic E-state index is 0.265. The fraction of sp³-hybridized carbons (Fsp3) is 0.364. The largest absolute Gasteiger partial charge is 0.493 e. The number of esters is 2. The number of aromatic nitrogens is 1. The van der Waals surface area contributed by atoms with Crippen LogP contribution in [0.5, 0.6) is 11.5 Å². The van der Waals surface area contributed by atoms with Gasteiger partial charge in [0.2, 0.25) is 5.91 Å². The van der Waals surface area contributed by atoms with Gasteiger partial charge in [0.15, 0.2) is 11.5 Å². The quantitative estimate of drug-likeness (QED) is 0.399. The van der Waals surface area contributed by atoms with Gasteiger partial charge in [0.1, 0.15) is 25.5 Å². The Balaban J connectivity index is 2.12. The van der Waals surface area contributed by atoms with Crippen molar-refractivity contribution in [3.63, 3.8) is 0 Å². The van der Waals surface area contributed by atoms with E-state index in [2.05, 4.69) is 14.6 Å².